The van der Waals surface area contributed by atoms with E-state index in [9.17, 15) is 9.59 Å². The predicted molar refractivity (Wildman–Crippen MR) is 136 cm³/mol. The van der Waals surface area contributed by atoms with E-state index >= 15 is 0 Å². The maximum atomic E-state index is 13.9. The van der Waals surface area contributed by atoms with Crippen LogP contribution in [0.4, 0.5) is 0 Å². The minimum Gasteiger partial charge on any atom is -0.488 e. The number of aldehydes is 1. The number of carbonyl (C=O) groups excluding carboxylic acids is 2. The molecule has 1 saturated heterocycles. The minimum atomic E-state index is -0.874. The molecule has 0 aromatic heterocycles. The molecule has 1 amide bonds. The summed E-state index contributed by atoms with van der Waals surface area (Å²) in [5.41, 5.74) is 4.05. The Morgan fingerprint density at radius 2 is 1.57 bits per heavy atom. The van der Waals surface area contributed by atoms with Crippen molar-refractivity contribution in [2.45, 2.75) is 57.9 Å². The van der Waals surface area contributed by atoms with Crippen LogP contribution in [0.15, 0.2) is 78.9 Å². The highest BCUT2D eigenvalue weighted by Crippen LogP contribution is 2.37. The third-order valence-electron chi connectivity index (χ3n) is 6.57. The van der Waals surface area contributed by atoms with Crippen molar-refractivity contribution in [2.24, 2.45) is 0 Å². The largest absolute Gasteiger partial charge is 0.488 e. The van der Waals surface area contributed by atoms with Crippen LogP contribution in [0.2, 0.25) is 0 Å². The summed E-state index contributed by atoms with van der Waals surface area (Å²) >= 11 is 0. The van der Waals surface area contributed by atoms with Crippen molar-refractivity contribution in [3.05, 3.63) is 101 Å². The first-order valence-corrected chi connectivity index (χ1v) is 12.2. The molecule has 0 aliphatic carbocycles. The van der Waals surface area contributed by atoms with E-state index in [1.165, 1.54) is 0 Å². The quantitative estimate of drug-likeness (QED) is 0.388. The fraction of sp³-hybridized carbons (Fsp3) is 0.333. The van der Waals surface area contributed by atoms with Gasteiger partial charge in [-0.25, -0.2) is 0 Å². The molecule has 1 aliphatic heterocycles. The third-order valence-corrected chi connectivity index (χ3v) is 6.57. The minimum absolute atomic E-state index is 0.133. The Morgan fingerprint density at radius 3 is 2.20 bits per heavy atom. The lowest BCUT2D eigenvalue weighted by Gasteiger charge is -2.30. The van der Waals surface area contributed by atoms with Crippen molar-refractivity contribution < 1.29 is 19.1 Å². The van der Waals surface area contributed by atoms with Gasteiger partial charge in [-0.15, -0.1) is 0 Å². The van der Waals surface area contributed by atoms with Gasteiger partial charge < -0.3 is 14.4 Å². The Balaban J connectivity index is 1.62. The second kappa shape index (κ2) is 11.3. The fourth-order valence-electron chi connectivity index (χ4n) is 4.65. The molecule has 35 heavy (non-hydrogen) atoms. The van der Waals surface area contributed by atoms with Gasteiger partial charge in [-0.05, 0) is 36.0 Å². The van der Waals surface area contributed by atoms with Gasteiger partial charge in [-0.2, -0.15) is 0 Å². The van der Waals surface area contributed by atoms with Gasteiger partial charge in [-0.3, -0.25) is 9.59 Å². The number of para-hydroxylation sites is 1. The Bertz CT molecular complexity index is 1130. The molecular formula is C30H33NO4. The van der Waals surface area contributed by atoms with E-state index in [0.29, 0.717) is 25.9 Å². The van der Waals surface area contributed by atoms with Crippen LogP contribution in [-0.2, 0) is 27.4 Å². The zero-order chi connectivity index (χ0) is 24.8. The average Bonchev–Trinajstić information content (AvgIpc) is 3.29. The molecule has 3 aromatic rings. The maximum absolute atomic E-state index is 13.9. The molecule has 0 radical (unpaired) electrons. The highest BCUT2D eigenvalue weighted by molar-refractivity contribution is 5.87. The molecule has 0 saturated carbocycles. The smallest absolute Gasteiger partial charge is 0.232 e. The lowest BCUT2D eigenvalue weighted by atomic mass is 9.91. The maximum Gasteiger partial charge on any atom is 0.232 e. The molecule has 0 N–H and O–H groups in total. The second-order valence-electron chi connectivity index (χ2n) is 9.37. The van der Waals surface area contributed by atoms with Gasteiger partial charge in [-0.1, -0.05) is 92.7 Å². The monoisotopic (exact) mass is 471 g/mol. The van der Waals surface area contributed by atoms with E-state index in [0.717, 1.165) is 28.0 Å². The number of hydrogen-bond acceptors (Lipinski definition) is 4. The molecule has 1 fully saturated rings. The van der Waals surface area contributed by atoms with Gasteiger partial charge >= 0.3 is 0 Å². The Labute approximate surface area is 207 Å². The lowest BCUT2D eigenvalue weighted by Crippen LogP contribution is -2.45. The van der Waals surface area contributed by atoms with Crippen molar-refractivity contribution in [1.29, 1.82) is 0 Å². The average molecular weight is 472 g/mol. The van der Waals surface area contributed by atoms with Crippen molar-refractivity contribution >= 4 is 12.2 Å². The van der Waals surface area contributed by atoms with Gasteiger partial charge in [0.05, 0.1) is 18.6 Å². The molecule has 5 nitrogen and oxygen atoms in total. The molecule has 0 spiro atoms. The first-order valence-electron chi connectivity index (χ1n) is 12.2. The summed E-state index contributed by atoms with van der Waals surface area (Å²) in [6.07, 6.45) is 0.473. The Morgan fingerprint density at radius 1 is 0.943 bits per heavy atom. The first kappa shape index (κ1) is 24.7. The lowest BCUT2D eigenvalue weighted by molar-refractivity contribution is -0.143. The number of ether oxygens (including phenoxy) is 2. The van der Waals surface area contributed by atoms with Gasteiger partial charge in [0.1, 0.15) is 12.4 Å². The number of nitrogens with zero attached hydrogens (tertiary/aromatic N) is 1. The van der Waals surface area contributed by atoms with Crippen LogP contribution in [0.3, 0.4) is 0 Å². The molecule has 4 rings (SSSR count). The van der Waals surface area contributed by atoms with Gasteiger partial charge in [0.2, 0.25) is 5.91 Å². The number of hydrogen-bond donors (Lipinski definition) is 0. The van der Waals surface area contributed by atoms with Gasteiger partial charge in [0.15, 0.2) is 12.5 Å². The standard InChI is InChI=1S/C30H33NO4/c1-21(2)26-15-10-16-27(29(26)35-19-24-13-8-5-9-14-24)22(3)30(33)31-25(20-34-28(31)18-32)17-23-11-6-4-7-12-23/h4-16,18,21-22,25,28H,17,19-20H2,1-3H3/t22-,25-,28?/m0/s1. The van der Waals surface area contributed by atoms with E-state index < -0.39 is 12.1 Å². The van der Waals surface area contributed by atoms with E-state index in [1.807, 2.05) is 79.7 Å². The van der Waals surface area contributed by atoms with Crippen LogP contribution >= 0.6 is 0 Å². The normalized spacial score (nSPS) is 18.5. The molecule has 1 aliphatic rings. The summed E-state index contributed by atoms with van der Waals surface area (Å²) < 4.78 is 12.1. The van der Waals surface area contributed by atoms with Crippen LogP contribution in [0.5, 0.6) is 5.75 Å². The number of benzene rings is 3. The highest BCUT2D eigenvalue weighted by atomic mass is 16.5. The van der Waals surface area contributed by atoms with Crippen LogP contribution in [0.1, 0.15) is 54.9 Å². The zero-order valence-electron chi connectivity index (χ0n) is 20.6. The predicted octanol–water partition coefficient (Wildman–Crippen LogP) is 5.49. The van der Waals surface area contributed by atoms with Crippen LogP contribution < -0.4 is 4.74 Å². The molecule has 3 atom stereocenters. The summed E-state index contributed by atoms with van der Waals surface area (Å²) in [4.78, 5) is 27.3. The van der Waals surface area contributed by atoms with Crippen molar-refractivity contribution in [2.75, 3.05) is 6.61 Å². The molecule has 5 heteroatoms. The summed E-state index contributed by atoms with van der Waals surface area (Å²) in [6, 6.07) is 25.8. The second-order valence-corrected chi connectivity index (χ2v) is 9.37. The summed E-state index contributed by atoms with van der Waals surface area (Å²) in [7, 11) is 0. The molecule has 1 heterocycles. The Kier molecular flexibility index (Phi) is 7.98. The van der Waals surface area contributed by atoms with Gasteiger partial charge in [0, 0.05) is 5.56 Å². The van der Waals surface area contributed by atoms with E-state index in [1.54, 1.807) is 4.90 Å². The van der Waals surface area contributed by atoms with Crippen LogP contribution in [0, 0.1) is 0 Å². The molecule has 1 unspecified atom stereocenters. The topological polar surface area (TPSA) is 55.8 Å². The van der Waals surface area contributed by atoms with Crippen molar-refractivity contribution in [3.8, 4) is 5.75 Å². The Hall–Kier alpha value is -3.44. The van der Waals surface area contributed by atoms with Crippen LogP contribution in [-0.4, -0.2) is 36.0 Å². The molecule has 182 valence electrons. The van der Waals surface area contributed by atoms with Crippen molar-refractivity contribution in [3.63, 3.8) is 0 Å². The highest BCUT2D eigenvalue weighted by Gasteiger charge is 2.40. The van der Waals surface area contributed by atoms with Gasteiger partial charge in [0.25, 0.3) is 0 Å². The van der Waals surface area contributed by atoms with E-state index in [4.69, 9.17) is 9.47 Å². The molecular weight excluding hydrogens is 438 g/mol. The summed E-state index contributed by atoms with van der Waals surface area (Å²) in [6.45, 7) is 6.87. The fourth-order valence-corrected chi connectivity index (χ4v) is 4.65. The van der Waals surface area contributed by atoms with E-state index in [2.05, 4.69) is 19.9 Å². The number of rotatable bonds is 9. The first-order chi connectivity index (χ1) is 17.0. The SMILES string of the molecule is CC(C)c1cccc([C@H](C)C(=O)N2C(C=O)OC[C@@H]2Cc2ccccc2)c1OCc1ccccc1. The summed E-state index contributed by atoms with van der Waals surface area (Å²) in [5.74, 6) is 0.342. The van der Waals surface area contributed by atoms with Crippen molar-refractivity contribution in [1.82, 2.24) is 4.90 Å². The van der Waals surface area contributed by atoms with Crippen LogP contribution in [0.25, 0.3) is 0 Å². The zero-order valence-corrected chi connectivity index (χ0v) is 20.6. The molecule has 0 bridgehead atoms. The molecule has 3 aromatic carbocycles. The third kappa shape index (κ3) is 5.63. The summed E-state index contributed by atoms with van der Waals surface area (Å²) in [5, 5.41) is 0. The number of amides is 1. The number of carbonyl (C=O) groups is 2. The van der Waals surface area contributed by atoms with E-state index in [-0.39, 0.29) is 17.9 Å².